The minimum Gasteiger partial charge on any atom is -0.480 e. The second kappa shape index (κ2) is 3.40. The van der Waals surface area contributed by atoms with Gasteiger partial charge < -0.3 is 10.2 Å². The van der Waals surface area contributed by atoms with Crippen LogP contribution in [0, 0.1) is 5.41 Å². The van der Waals surface area contributed by atoms with Crippen LogP contribution in [-0.4, -0.2) is 34.5 Å². The van der Waals surface area contributed by atoms with Gasteiger partial charge in [-0.2, -0.15) is 0 Å². The molecule has 68 valence electrons. The van der Waals surface area contributed by atoms with Crippen molar-refractivity contribution < 1.29 is 19.8 Å². The Balaban J connectivity index is 2.84. The first-order chi connectivity index (χ1) is 5.59. The zero-order valence-electron chi connectivity index (χ0n) is 6.54. The Morgan fingerprint density at radius 2 is 1.50 bits per heavy atom. The molecule has 1 fully saturated rings. The molecule has 0 amide bonds. The minimum atomic E-state index is -1.48. The van der Waals surface area contributed by atoms with Crippen molar-refractivity contribution in [3.05, 3.63) is 0 Å². The Labute approximate surface area is 71.7 Å². The van der Waals surface area contributed by atoms with Crippen molar-refractivity contribution in [1.29, 1.82) is 0 Å². The molecule has 0 bridgehead atoms. The summed E-state index contributed by atoms with van der Waals surface area (Å²) in [5.41, 5.74) is -1.48. The number of carbonyl (C=O) groups is 2. The van der Waals surface area contributed by atoms with Gasteiger partial charge in [0.25, 0.3) is 0 Å². The average molecular weight is 190 g/mol. The number of rotatable bonds is 2. The maximum Gasteiger partial charge on any atom is 0.321 e. The van der Waals surface area contributed by atoms with Gasteiger partial charge in [-0.05, 0) is 25.2 Å². The largest absolute Gasteiger partial charge is 0.480 e. The van der Waals surface area contributed by atoms with Crippen molar-refractivity contribution in [3.8, 4) is 0 Å². The smallest absolute Gasteiger partial charge is 0.321 e. The second-order valence-corrected chi connectivity index (χ2v) is 4.44. The van der Waals surface area contributed by atoms with Crippen molar-refractivity contribution in [2.24, 2.45) is 5.41 Å². The van der Waals surface area contributed by atoms with Crippen LogP contribution >= 0.6 is 8.58 Å². The Morgan fingerprint density at radius 3 is 1.75 bits per heavy atom. The van der Waals surface area contributed by atoms with Crippen LogP contribution in [0.2, 0.25) is 0 Å². The summed E-state index contributed by atoms with van der Waals surface area (Å²) in [6.07, 6.45) is 2.05. The highest BCUT2D eigenvalue weighted by Gasteiger charge is 2.46. The molecule has 12 heavy (non-hydrogen) atoms. The van der Waals surface area contributed by atoms with E-state index in [4.69, 9.17) is 10.2 Å². The van der Waals surface area contributed by atoms with Crippen LogP contribution < -0.4 is 0 Å². The van der Waals surface area contributed by atoms with E-state index in [1.54, 1.807) is 0 Å². The van der Waals surface area contributed by atoms with E-state index >= 15 is 0 Å². The Kier molecular flexibility index (Phi) is 2.68. The standard InChI is InChI=1S/C7H11O4P/c8-5(9)7(6(10)11)1-3-12-4-2-7/h12H,1-4H2,(H,8,9)(H,10,11). The van der Waals surface area contributed by atoms with Crippen LogP contribution in [0.4, 0.5) is 0 Å². The van der Waals surface area contributed by atoms with E-state index in [2.05, 4.69) is 0 Å². The van der Waals surface area contributed by atoms with E-state index in [9.17, 15) is 9.59 Å². The molecule has 0 unspecified atom stereocenters. The first kappa shape index (κ1) is 9.46. The van der Waals surface area contributed by atoms with E-state index in [1.807, 2.05) is 0 Å². The number of carboxylic acid groups (broad SMARTS) is 2. The normalized spacial score (nSPS) is 21.7. The first-order valence-corrected chi connectivity index (χ1v) is 5.18. The molecule has 0 saturated carbocycles. The zero-order valence-corrected chi connectivity index (χ0v) is 7.54. The van der Waals surface area contributed by atoms with Crippen LogP contribution in [0.25, 0.3) is 0 Å². The lowest BCUT2D eigenvalue weighted by Crippen LogP contribution is -2.41. The summed E-state index contributed by atoms with van der Waals surface area (Å²) in [5.74, 6) is -2.36. The molecule has 1 heterocycles. The monoisotopic (exact) mass is 190 g/mol. The molecular formula is C7H11O4P. The molecule has 0 radical (unpaired) electrons. The van der Waals surface area contributed by atoms with Crippen LogP contribution in [-0.2, 0) is 9.59 Å². The van der Waals surface area contributed by atoms with Gasteiger partial charge in [0, 0.05) is 0 Å². The molecule has 0 aliphatic carbocycles. The van der Waals surface area contributed by atoms with Gasteiger partial charge in [-0.25, -0.2) is 0 Å². The topological polar surface area (TPSA) is 74.6 Å². The summed E-state index contributed by atoms with van der Waals surface area (Å²) < 4.78 is 0. The third-order valence-corrected chi connectivity index (χ3v) is 3.48. The lowest BCUT2D eigenvalue weighted by atomic mass is 9.82. The SMILES string of the molecule is O=C(O)C1(C(=O)O)CCPCC1. The molecular weight excluding hydrogens is 179 g/mol. The Morgan fingerprint density at radius 1 is 1.08 bits per heavy atom. The van der Waals surface area contributed by atoms with Gasteiger partial charge in [-0.15, -0.1) is 8.58 Å². The van der Waals surface area contributed by atoms with Gasteiger partial charge in [0.05, 0.1) is 0 Å². The fourth-order valence-corrected chi connectivity index (χ4v) is 2.83. The number of aliphatic carboxylic acids is 2. The van der Waals surface area contributed by atoms with Crippen molar-refractivity contribution >= 4 is 20.5 Å². The van der Waals surface area contributed by atoms with Gasteiger partial charge in [0.1, 0.15) is 0 Å². The summed E-state index contributed by atoms with van der Waals surface area (Å²) in [6.45, 7) is 0. The van der Waals surface area contributed by atoms with E-state index in [0.29, 0.717) is 0 Å². The molecule has 0 spiro atoms. The molecule has 2 N–H and O–H groups in total. The molecule has 5 heteroatoms. The molecule has 1 rings (SSSR count). The predicted octanol–water partition coefficient (Wildman–Crippen LogP) is 0.614. The Hall–Kier alpha value is -0.630. The van der Waals surface area contributed by atoms with Crippen molar-refractivity contribution in [1.82, 2.24) is 0 Å². The minimum absolute atomic E-state index is 0.288. The molecule has 4 nitrogen and oxygen atoms in total. The molecule has 1 aliphatic heterocycles. The van der Waals surface area contributed by atoms with Gasteiger partial charge in [0.2, 0.25) is 0 Å². The quantitative estimate of drug-likeness (QED) is 0.494. The fraction of sp³-hybridized carbons (Fsp3) is 0.714. The molecule has 1 aliphatic rings. The number of hydrogen-bond acceptors (Lipinski definition) is 2. The highest BCUT2D eigenvalue weighted by molar-refractivity contribution is 7.38. The number of hydrogen-bond donors (Lipinski definition) is 2. The third kappa shape index (κ3) is 1.44. The van der Waals surface area contributed by atoms with Gasteiger partial charge >= 0.3 is 11.9 Å². The summed E-state index contributed by atoms with van der Waals surface area (Å²) in [5, 5.41) is 17.6. The van der Waals surface area contributed by atoms with Crippen LogP contribution in [0.15, 0.2) is 0 Å². The summed E-state index contributed by atoms with van der Waals surface area (Å²) in [7, 11) is 0.727. The van der Waals surface area contributed by atoms with Crippen LogP contribution in [0.1, 0.15) is 12.8 Å². The molecule has 0 aromatic heterocycles. The summed E-state index contributed by atoms with van der Waals surface area (Å²) in [4.78, 5) is 21.5. The average Bonchev–Trinajstić information content (AvgIpc) is 2.05. The maximum atomic E-state index is 10.7. The lowest BCUT2D eigenvalue weighted by Gasteiger charge is -2.28. The molecule has 0 aromatic rings. The third-order valence-electron chi connectivity index (χ3n) is 2.28. The molecule has 0 aromatic carbocycles. The van der Waals surface area contributed by atoms with E-state index in [-0.39, 0.29) is 12.8 Å². The van der Waals surface area contributed by atoms with Gasteiger partial charge in [-0.1, -0.05) is 0 Å². The molecule has 1 saturated heterocycles. The zero-order chi connectivity index (χ0) is 9.19. The van der Waals surface area contributed by atoms with E-state index in [0.717, 1.165) is 20.9 Å². The summed E-state index contributed by atoms with van der Waals surface area (Å²) >= 11 is 0. The molecule has 0 atom stereocenters. The van der Waals surface area contributed by atoms with Crippen LogP contribution in [0.5, 0.6) is 0 Å². The maximum absolute atomic E-state index is 10.7. The van der Waals surface area contributed by atoms with Crippen molar-refractivity contribution in [2.45, 2.75) is 12.8 Å². The fourth-order valence-electron chi connectivity index (χ4n) is 1.37. The van der Waals surface area contributed by atoms with Gasteiger partial charge in [0.15, 0.2) is 5.41 Å². The lowest BCUT2D eigenvalue weighted by molar-refractivity contribution is -0.165. The van der Waals surface area contributed by atoms with E-state index < -0.39 is 17.4 Å². The summed E-state index contributed by atoms with van der Waals surface area (Å²) in [6, 6.07) is 0. The highest BCUT2D eigenvalue weighted by atomic mass is 31.1. The van der Waals surface area contributed by atoms with Crippen molar-refractivity contribution in [2.75, 3.05) is 12.3 Å². The van der Waals surface area contributed by atoms with Gasteiger partial charge in [-0.3, -0.25) is 9.59 Å². The second-order valence-electron chi connectivity index (χ2n) is 2.94. The van der Waals surface area contributed by atoms with E-state index in [1.165, 1.54) is 0 Å². The number of carboxylic acids is 2. The van der Waals surface area contributed by atoms with Crippen LogP contribution in [0.3, 0.4) is 0 Å². The Bertz CT molecular complexity index is 191. The first-order valence-electron chi connectivity index (χ1n) is 3.77. The van der Waals surface area contributed by atoms with Crippen molar-refractivity contribution in [3.63, 3.8) is 0 Å². The highest BCUT2D eigenvalue weighted by Crippen LogP contribution is 2.38. The predicted molar refractivity (Wildman–Crippen MR) is 45.0 cm³/mol.